The Bertz CT molecular complexity index is 744. The van der Waals surface area contributed by atoms with Crippen LogP contribution in [-0.2, 0) is 4.74 Å². The highest BCUT2D eigenvalue weighted by Gasteiger charge is 2.16. The third-order valence-electron chi connectivity index (χ3n) is 3.21. The summed E-state index contributed by atoms with van der Waals surface area (Å²) in [5.74, 6) is 0.268. The first-order chi connectivity index (χ1) is 12.0. The zero-order valence-corrected chi connectivity index (χ0v) is 14.6. The van der Waals surface area contributed by atoms with Gasteiger partial charge in [-0.1, -0.05) is 19.9 Å². The van der Waals surface area contributed by atoms with Crippen LogP contribution in [0.3, 0.4) is 0 Å². The van der Waals surface area contributed by atoms with Crippen molar-refractivity contribution in [2.45, 2.75) is 20.8 Å². The molecule has 0 radical (unpaired) electrons. The summed E-state index contributed by atoms with van der Waals surface area (Å²) in [4.78, 5) is 28.5. The van der Waals surface area contributed by atoms with Crippen molar-refractivity contribution < 1.29 is 19.1 Å². The monoisotopic (exact) mass is 342 g/mol. The molecule has 0 bridgehead atoms. The molecule has 0 aliphatic rings. The molecule has 0 aliphatic carbocycles. The Balaban J connectivity index is 2.15. The van der Waals surface area contributed by atoms with Crippen LogP contribution >= 0.6 is 0 Å². The number of anilines is 1. The molecule has 1 heterocycles. The minimum atomic E-state index is -0.528. The summed E-state index contributed by atoms with van der Waals surface area (Å²) in [5.41, 5.74) is 0.631. The molecular weight excluding hydrogens is 320 g/mol. The highest BCUT2D eigenvalue weighted by atomic mass is 16.5. The Morgan fingerprint density at radius 3 is 2.72 bits per heavy atom. The number of hydrogen-bond acceptors (Lipinski definition) is 5. The van der Waals surface area contributed by atoms with Crippen LogP contribution < -0.4 is 10.1 Å². The van der Waals surface area contributed by atoms with E-state index < -0.39 is 5.97 Å². The van der Waals surface area contributed by atoms with Gasteiger partial charge in [0.05, 0.1) is 13.2 Å². The fourth-order valence-corrected chi connectivity index (χ4v) is 2.05. The molecule has 2 aromatic rings. The lowest BCUT2D eigenvalue weighted by Crippen LogP contribution is -2.17. The number of carbonyl (C=O) groups is 2. The first-order valence-electron chi connectivity index (χ1n) is 8.17. The first kappa shape index (κ1) is 18.4. The standard InChI is InChI=1S/C19H22N2O4/c1-4-24-19(23)16-9-6-10-20-17(16)21-18(22)14-7-5-8-15(11-14)25-12-13(2)3/h5-11,13H,4,12H2,1-3H3,(H,20,21,22). The molecule has 6 nitrogen and oxygen atoms in total. The van der Waals surface area contributed by atoms with Gasteiger partial charge in [0.15, 0.2) is 0 Å². The van der Waals surface area contributed by atoms with Gasteiger partial charge in [0, 0.05) is 11.8 Å². The Kier molecular flexibility index (Phi) is 6.51. The quantitative estimate of drug-likeness (QED) is 0.779. The van der Waals surface area contributed by atoms with Gasteiger partial charge >= 0.3 is 5.97 Å². The van der Waals surface area contributed by atoms with Crippen molar-refractivity contribution in [1.29, 1.82) is 0 Å². The molecule has 0 spiro atoms. The minimum Gasteiger partial charge on any atom is -0.493 e. The van der Waals surface area contributed by atoms with Crippen LogP contribution in [0.2, 0.25) is 0 Å². The molecule has 1 aromatic heterocycles. The SMILES string of the molecule is CCOC(=O)c1cccnc1NC(=O)c1cccc(OCC(C)C)c1. The van der Waals surface area contributed by atoms with Gasteiger partial charge in [-0.25, -0.2) is 9.78 Å². The normalized spacial score (nSPS) is 10.4. The van der Waals surface area contributed by atoms with Crippen molar-refractivity contribution in [2.24, 2.45) is 5.92 Å². The zero-order chi connectivity index (χ0) is 18.2. The number of pyridine rings is 1. The van der Waals surface area contributed by atoms with E-state index in [0.717, 1.165) is 0 Å². The largest absolute Gasteiger partial charge is 0.493 e. The van der Waals surface area contributed by atoms with Crippen LogP contribution in [-0.4, -0.2) is 30.1 Å². The van der Waals surface area contributed by atoms with Crippen LogP contribution in [0.5, 0.6) is 5.75 Å². The molecule has 2 rings (SSSR count). The molecule has 1 amide bonds. The number of benzene rings is 1. The van der Waals surface area contributed by atoms with Gasteiger partial charge in [-0.3, -0.25) is 4.79 Å². The topological polar surface area (TPSA) is 77.5 Å². The second kappa shape index (κ2) is 8.82. The Hall–Kier alpha value is -2.89. The van der Waals surface area contributed by atoms with Crippen molar-refractivity contribution in [3.05, 3.63) is 53.7 Å². The summed E-state index contributed by atoms with van der Waals surface area (Å²) in [6.07, 6.45) is 1.50. The molecule has 0 aliphatic heterocycles. The molecule has 0 saturated heterocycles. The summed E-state index contributed by atoms with van der Waals surface area (Å²) in [6.45, 7) is 6.63. The van der Waals surface area contributed by atoms with Crippen molar-refractivity contribution in [3.63, 3.8) is 0 Å². The predicted octanol–water partition coefficient (Wildman–Crippen LogP) is 3.55. The Labute approximate surface area is 147 Å². The molecule has 132 valence electrons. The molecule has 0 atom stereocenters. The van der Waals surface area contributed by atoms with Gasteiger partial charge in [0.1, 0.15) is 17.1 Å². The molecule has 0 saturated carbocycles. The predicted molar refractivity (Wildman–Crippen MR) is 94.9 cm³/mol. The number of carbonyl (C=O) groups excluding carboxylic acids is 2. The number of rotatable bonds is 7. The summed E-state index contributed by atoms with van der Waals surface area (Å²) in [7, 11) is 0. The van der Waals surface area contributed by atoms with E-state index in [4.69, 9.17) is 9.47 Å². The van der Waals surface area contributed by atoms with E-state index in [0.29, 0.717) is 23.8 Å². The van der Waals surface area contributed by atoms with Crippen LogP contribution in [0, 0.1) is 5.92 Å². The molecule has 1 N–H and O–H groups in total. The van der Waals surface area contributed by atoms with Crippen LogP contribution in [0.25, 0.3) is 0 Å². The molecule has 0 unspecified atom stereocenters. The second-order valence-corrected chi connectivity index (χ2v) is 5.81. The van der Waals surface area contributed by atoms with E-state index in [9.17, 15) is 9.59 Å². The third-order valence-corrected chi connectivity index (χ3v) is 3.21. The number of ether oxygens (including phenoxy) is 2. The number of esters is 1. The van der Waals surface area contributed by atoms with E-state index in [1.165, 1.54) is 6.20 Å². The average molecular weight is 342 g/mol. The molecule has 25 heavy (non-hydrogen) atoms. The van der Waals surface area contributed by atoms with Crippen LogP contribution in [0.4, 0.5) is 5.82 Å². The summed E-state index contributed by atoms with van der Waals surface area (Å²) in [5, 5.41) is 2.65. The maximum Gasteiger partial charge on any atom is 0.341 e. The van der Waals surface area contributed by atoms with E-state index >= 15 is 0 Å². The molecule has 0 fully saturated rings. The van der Waals surface area contributed by atoms with Crippen molar-refractivity contribution in [2.75, 3.05) is 18.5 Å². The van der Waals surface area contributed by atoms with Gasteiger partial charge in [-0.05, 0) is 43.2 Å². The van der Waals surface area contributed by atoms with E-state index in [1.54, 1.807) is 43.3 Å². The van der Waals surface area contributed by atoms with Crippen LogP contribution in [0.1, 0.15) is 41.5 Å². The van der Waals surface area contributed by atoms with Crippen molar-refractivity contribution in [3.8, 4) is 5.75 Å². The molecule has 1 aromatic carbocycles. The fourth-order valence-electron chi connectivity index (χ4n) is 2.05. The lowest BCUT2D eigenvalue weighted by molar-refractivity contribution is 0.0527. The van der Waals surface area contributed by atoms with E-state index in [2.05, 4.69) is 24.1 Å². The number of hydrogen-bond donors (Lipinski definition) is 1. The molecular formula is C19H22N2O4. The Morgan fingerprint density at radius 2 is 2.00 bits per heavy atom. The summed E-state index contributed by atoms with van der Waals surface area (Å²) >= 11 is 0. The minimum absolute atomic E-state index is 0.166. The second-order valence-electron chi connectivity index (χ2n) is 5.81. The highest BCUT2D eigenvalue weighted by Crippen LogP contribution is 2.18. The van der Waals surface area contributed by atoms with Crippen molar-refractivity contribution in [1.82, 2.24) is 4.98 Å². The van der Waals surface area contributed by atoms with E-state index in [1.807, 2.05) is 0 Å². The fraction of sp³-hybridized carbons (Fsp3) is 0.316. The summed E-state index contributed by atoms with van der Waals surface area (Å²) < 4.78 is 10.6. The number of aromatic nitrogens is 1. The summed E-state index contributed by atoms with van der Waals surface area (Å²) in [6, 6.07) is 10.0. The number of nitrogens with one attached hydrogen (secondary N) is 1. The van der Waals surface area contributed by atoms with Crippen molar-refractivity contribution >= 4 is 17.7 Å². The maximum atomic E-state index is 12.5. The Morgan fingerprint density at radius 1 is 1.20 bits per heavy atom. The lowest BCUT2D eigenvalue weighted by Gasteiger charge is -2.11. The van der Waals surface area contributed by atoms with Gasteiger partial charge in [-0.2, -0.15) is 0 Å². The van der Waals surface area contributed by atoms with Gasteiger partial charge in [-0.15, -0.1) is 0 Å². The third kappa shape index (κ3) is 5.31. The van der Waals surface area contributed by atoms with Gasteiger partial charge in [0.25, 0.3) is 5.91 Å². The van der Waals surface area contributed by atoms with Crippen LogP contribution in [0.15, 0.2) is 42.6 Å². The average Bonchev–Trinajstić information content (AvgIpc) is 2.61. The number of amides is 1. The van der Waals surface area contributed by atoms with Gasteiger partial charge < -0.3 is 14.8 Å². The maximum absolute atomic E-state index is 12.5. The zero-order valence-electron chi connectivity index (χ0n) is 14.6. The van der Waals surface area contributed by atoms with E-state index in [-0.39, 0.29) is 23.9 Å². The lowest BCUT2D eigenvalue weighted by atomic mass is 10.2. The van der Waals surface area contributed by atoms with Gasteiger partial charge in [0.2, 0.25) is 0 Å². The first-order valence-corrected chi connectivity index (χ1v) is 8.17. The highest BCUT2D eigenvalue weighted by molar-refractivity contribution is 6.07. The molecule has 6 heteroatoms. The smallest absolute Gasteiger partial charge is 0.341 e. The number of nitrogens with zero attached hydrogens (tertiary/aromatic N) is 1.